The molecule has 1 aromatic rings. The van der Waals surface area contributed by atoms with Crippen LogP contribution in [0.25, 0.3) is 0 Å². The van der Waals surface area contributed by atoms with Crippen molar-refractivity contribution in [1.82, 2.24) is 4.98 Å². The fourth-order valence-electron chi connectivity index (χ4n) is 1.37. The summed E-state index contributed by atoms with van der Waals surface area (Å²) in [5.41, 5.74) is 1.96. The summed E-state index contributed by atoms with van der Waals surface area (Å²) in [6, 6.07) is 1.93. The summed E-state index contributed by atoms with van der Waals surface area (Å²) < 4.78 is 0. The Labute approximate surface area is 79.0 Å². The zero-order valence-corrected chi connectivity index (χ0v) is 8.20. The average molecular weight is 180 g/mol. The minimum absolute atomic E-state index is 0.0528. The monoisotopic (exact) mass is 180 g/mol. The van der Waals surface area contributed by atoms with Crippen LogP contribution in [-0.4, -0.2) is 23.7 Å². The van der Waals surface area contributed by atoms with E-state index in [4.69, 9.17) is 5.11 Å². The quantitative estimate of drug-likeness (QED) is 0.761. The topological polar surface area (TPSA) is 36.4 Å². The number of hydrogen-bond donors (Lipinski definition) is 1. The van der Waals surface area contributed by atoms with Crippen LogP contribution in [0.3, 0.4) is 0 Å². The smallest absolute Gasteiger partial charge is 0.0717 e. The van der Waals surface area contributed by atoms with Crippen LogP contribution in [-0.2, 0) is 6.61 Å². The standard InChI is InChI=1S/C10H16N2O/c1-3-6-12(2)10-4-5-11-7-9(10)8-13/h4-5,7,13H,3,6,8H2,1-2H3. The number of anilines is 1. The number of rotatable bonds is 4. The summed E-state index contributed by atoms with van der Waals surface area (Å²) in [6.07, 6.45) is 4.56. The van der Waals surface area contributed by atoms with Gasteiger partial charge in [-0.1, -0.05) is 6.92 Å². The molecule has 1 rings (SSSR count). The first-order valence-corrected chi connectivity index (χ1v) is 4.54. The van der Waals surface area contributed by atoms with Gasteiger partial charge in [-0.3, -0.25) is 4.98 Å². The Morgan fingerprint density at radius 3 is 2.92 bits per heavy atom. The number of aliphatic hydroxyl groups excluding tert-OH is 1. The van der Waals surface area contributed by atoms with E-state index in [0.29, 0.717) is 0 Å². The number of aromatic nitrogens is 1. The summed E-state index contributed by atoms with van der Waals surface area (Å²) in [5.74, 6) is 0. The van der Waals surface area contributed by atoms with Gasteiger partial charge in [0.15, 0.2) is 0 Å². The van der Waals surface area contributed by atoms with Gasteiger partial charge in [0.05, 0.1) is 6.61 Å². The molecule has 13 heavy (non-hydrogen) atoms. The molecule has 0 aromatic carbocycles. The molecular weight excluding hydrogens is 164 g/mol. The van der Waals surface area contributed by atoms with Crippen molar-refractivity contribution in [2.75, 3.05) is 18.5 Å². The molecule has 1 aromatic heterocycles. The van der Waals surface area contributed by atoms with Crippen LogP contribution in [0.1, 0.15) is 18.9 Å². The molecule has 72 valence electrons. The summed E-state index contributed by atoms with van der Waals surface area (Å²) >= 11 is 0. The van der Waals surface area contributed by atoms with Crippen molar-refractivity contribution >= 4 is 5.69 Å². The molecule has 0 radical (unpaired) electrons. The maximum Gasteiger partial charge on any atom is 0.0717 e. The van der Waals surface area contributed by atoms with Crippen molar-refractivity contribution in [3.63, 3.8) is 0 Å². The van der Waals surface area contributed by atoms with E-state index in [2.05, 4.69) is 16.8 Å². The minimum atomic E-state index is 0.0528. The van der Waals surface area contributed by atoms with Crippen LogP contribution in [0.2, 0.25) is 0 Å². The molecule has 0 fully saturated rings. The lowest BCUT2D eigenvalue weighted by molar-refractivity contribution is 0.281. The van der Waals surface area contributed by atoms with Gasteiger partial charge in [-0.25, -0.2) is 0 Å². The van der Waals surface area contributed by atoms with Gasteiger partial charge in [-0.15, -0.1) is 0 Å². The Bertz CT molecular complexity index is 263. The van der Waals surface area contributed by atoms with E-state index >= 15 is 0 Å². The number of pyridine rings is 1. The highest BCUT2D eigenvalue weighted by atomic mass is 16.3. The molecule has 0 aliphatic heterocycles. The molecule has 1 heterocycles. The van der Waals surface area contributed by atoms with E-state index in [1.807, 2.05) is 13.1 Å². The molecule has 0 unspecified atom stereocenters. The third kappa shape index (κ3) is 2.42. The maximum atomic E-state index is 9.07. The number of nitrogens with zero attached hydrogens (tertiary/aromatic N) is 2. The van der Waals surface area contributed by atoms with E-state index in [0.717, 1.165) is 24.2 Å². The molecule has 0 aliphatic rings. The highest BCUT2D eigenvalue weighted by Crippen LogP contribution is 2.17. The van der Waals surface area contributed by atoms with Crippen molar-refractivity contribution in [2.24, 2.45) is 0 Å². The number of aliphatic hydroxyl groups is 1. The van der Waals surface area contributed by atoms with Gasteiger partial charge in [0.2, 0.25) is 0 Å². The SMILES string of the molecule is CCCN(C)c1ccncc1CO. The average Bonchev–Trinajstić information content (AvgIpc) is 2.18. The van der Waals surface area contributed by atoms with Crippen LogP contribution < -0.4 is 4.90 Å². The van der Waals surface area contributed by atoms with Crippen molar-refractivity contribution in [3.8, 4) is 0 Å². The number of hydrogen-bond acceptors (Lipinski definition) is 3. The lowest BCUT2D eigenvalue weighted by atomic mass is 10.2. The van der Waals surface area contributed by atoms with Gasteiger partial charge in [0.1, 0.15) is 0 Å². The molecule has 0 atom stereocenters. The van der Waals surface area contributed by atoms with Crippen LogP contribution in [0.5, 0.6) is 0 Å². The van der Waals surface area contributed by atoms with E-state index in [-0.39, 0.29) is 6.61 Å². The lowest BCUT2D eigenvalue weighted by Gasteiger charge is -2.20. The van der Waals surface area contributed by atoms with Crippen LogP contribution in [0.4, 0.5) is 5.69 Å². The lowest BCUT2D eigenvalue weighted by Crippen LogP contribution is -2.19. The fraction of sp³-hybridized carbons (Fsp3) is 0.500. The summed E-state index contributed by atoms with van der Waals surface area (Å²) in [4.78, 5) is 6.10. The van der Waals surface area contributed by atoms with Crippen molar-refractivity contribution in [1.29, 1.82) is 0 Å². The highest BCUT2D eigenvalue weighted by molar-refractivity contribution is 5.51. The van der Waals surface area contributed by atoms with Crippen LogP contribution >= 0.6 is 0 Å². The predicted octanol–water partition coefficient (Wildman–Crippen LogP) is 1.42. The molecule has 1 N–H and O–H groups in total. The Hall–Kier alpha value is -1.09. The summed E-state index contributed by atoms with van der Waals surface area (Å²) in [6.45, 7) is 3.19. The Morgan fingerprint density at radius 1 is 1.54 bits per heavy atom. The van der Waals surface area contributed by atoms with E-state index in [1.165, 1.54) is 0 Å². The Morgan fingerprint density at radius 2 is 2.31 bits per heavy atom. The van der Waals surface area contributed by atoms with E-state index in [9.17, 15) is 0 Å². The van der Waals surface area contributed by atoms with Gasteiger partial charge < -0.3 is 10.0 Å². The Balaban J connectivity index is 2.85. The molecule has 3 nitrogen and oxygen atoms in total. The van der Waals surface area contributed by atoms with E-state index < -0.39 is 0 Å². The third-order valence-electron chi connectivity index (χ3n) is 2.02. The third-order valence-corrected chi connectivity index (χ3v) is 2.02. The van der Waals surface area contributed by atoms with E-state index in [1.54, 1.807) is 12.4 Å². The first kappa shape index (κ1) is 9.99. The molecule has 0 saturated carbocycles. The first-order chi connectivity index (χ1) is 6.29. The molecule has 0 saturated heterocycles. The van der Waals surface area contributed by atoms with Gasteiger partial charge in [0, 0.05) is 37.2 Å². The summed E-state index contributed by atoms with van der Waals surface area (Å²) in [7, 11) is 2.03. The van der Waals surface area contributed by atoms with Crippen molar-refractivity contribution in [2.45, 2.75) is 20.0 Å². The molecular formula is C10H16N2O. The minimum Gasteiger partial charge on any atom is -0.392 e. The van der Waals surface area contributed by atoms with Gasteiger partial charge >= 0.3 is 0 Å². The van der Waals surface area contributed by atoms with Crippen LogP contribution in [0, 0.1) is 0 Å². The zero-order valence-electron chi connectivity index (χ0n) is 8.20. The van der Waals surface area contributed by atoms with Gasteiger partial charge in [-0.2, -0.15) is 0 Å². The second-order valence-corrected chi connectivity index (χ2v) is 3.08. The first-order valence-electron chi connectivity index (χ1n) is 4.54. The normalized spacial score (nSPS) is 10.1. The Kier molecular flexibility index (Phi) is 3.71. The fourth-order valence-corrected chi connectivity index (χ4v) is 1.37. The summed E-state index contributed by atoms with van der Waals surface area (Å²) in [5, 5.41) is 9.07. The van der Waals surface area contributed by atoms with Gasteiger partial charge in [0.25, 0.3) is 0 Å². The second-order valence-electron chi connectivity index (χ2n) is 3.08. The zero-order chi connectivity index (χ0) is 9.68. The highest BCUT2D eigenvalue weighted by Gasteiger charge is 2.04. The maximum absolute atomic E-state index is 9.07. The van der Waals surface area contributed by atoms with Crippen molar-refractivity contribution < 1.29 is 5.11 Å². The molecule has 3 heteroatoms. The largest absolute Gasteiger partial charge is 0.392 e. The molecule has 0 spiro atoms. The predicted molar refractivity (Wildman–Crippen MR) is 53.7 cm³/mol. The van der Waals surface area contributed by atoms with Crippen molar-refractivity contribution in [3.05, 3.63) is 24.0 Å². The second kappa shape index (κ2) is 4.82. The molecule has 0 amide bonds. The van der Waals surface area contributed by atoms with Crippen LogP contribution in [0.15, 0.2) is 18.5 Å². The van der Waals surface area contributed by atoms with Gasteiger partial charge in [-0.05, 0) is 12.5 Å². The molecule has 0 aliphatic carbocycles. The molecule has 0 bridgehead atoms.